The molecule has 2 fully saturated rings. The molecule has 3 aliphatic rings. The van der Waals surface area contributed by atoms with Gasteiger partial charge in [0.1, 0.15) is 5.75 Å². The van der Waals surface area contributed by atoms with E-state index >= 15 is 0 Å². The molecule has 138 valence electrons. The predicted octanol–water partition coefficient (Wildman–Crippen LogP) is 4.19. The summed E-state index contributed by atoms with van der Waals surface area (Å²) in [7, 11) is 0. The molecular weight excluding hydrogens is 336 g/mol. The molecule has 3 aliphatic carbocycles. The van der Waals surface area contributed by atoms with E-state index in [1.165, 1.54) is 30.4 Å². The summed E-state index contributed by atoms with van der Waals surface area (Å²) < 4.78 is 0. The minimum atomic E-state index is -0.0768. The molecule has 0 radical (unpaired) electrons. The van der Waals surface area contributed by atoms with E-state index in [-0.39, 0.29) is 6.10 Å². The van der Waals surface area contributed by atoms with Crippen molar-refractivity contribution in [2.24, 2.45) is 17.8 Å². The first-order chi connectivity index (χ1) is 12.2. The van der Waals surface area contributed by atoms with Gasteiger partial charge in [0.05, 0.1) is 17.6 Å². The number of aliphatic hydroxyl groups excluding tert-OH is 1. The molecule has 1 aromatic carbocycles. The topological polar surface area (TPSA) is 69.9 Å². The third-order valence-electron chi connectivity index (χ3n) is 6.75. The van der Waals surface area contributed by atoms with Crippen LogP contribution in [-0.4, -0.2) is 33.9 Å². The summed E-state index contributed by atoms with van der Waals surface area (Å²) in [6.07, 6.45) is 7.38. The molecule has 0 heterocycles. The highest BCUT2D eigenvalue weighted by molar-refractivity contribution is 7.99. The summed E-state index contributed by atoms with van der Waals surface area (Å²) in [4.78, 5) is 5.18. The lowest BCUT2D eigenvalue weighted by molar-refractivity contribution is -0.241. The highest BCUT2D eigenvalue weighted by Gasteiger charge is 2.47. The van der Waals surface area contributed by atoms with Crippen LogP contribution < -0.4 is 0 Å². The normalized spacial score (nSPS) is 33.6. The van der Waals surface area contributed by atoms with Crippen molar-refractivity contribution in [3.05, 3.63) is 23.3 Å². The zero-order valence-electron chi connectivity index (χ0n) is 14.6. The molecule has 0 amide bonds. The van der Waals surface area contributed by atoms with E-state index in [1.807, 2.05) is 6.07 Å². The van der Waals surface area contributed by atoms with Crippen molar-refractivity contribution in [3.63, 3.8) is 0 Å². The maximum absolute atomic E-state index is 10.4. The number of thioether (sulfide) groups is 1. The average Bonchev–Trinajstić information content (AvgIpc) is 3.01. The molecule has 5 unspecified atom stereocenters. The van der Waals surface area contributed by atoms with Crippen molar-refractivity contribution in [1.82, 2.24) is 0 Å². The molecular formula is C20H28O4S. The zero-order valence-corrected chi connectivity index (χ0v) is 15.4. The molecule has 4 nitrogen and oxygen atoms in total. The molecule has 2 saturated carbocycles. The summed E-state index contributed by atoms with van der Waals surface area (Å²) in [5.74, 6) is 3.72. The minimum Gasteiger partial charge on any atom is -0.507 e. The molecule has 0 aliphatic heterocycles. The fourth-order valence-electron chi connectivity index (χ4n) is 5.71. The summed E-state index contributed by atoms with van der Waals surface area (Å²) in [5.41, 5.74) is 2.78. The lowest BCUT2D eigenvalue weighted by atomic mass is 9.61. The van der Waals surface area contributed by atoms with Gasteiger partial charge in [-0.1, -0.05) is 6.07 Å². The number of phenolic OH excluding ortho intramolecular Hbond substituents is 1. The van der Waals surface area contributed by atoms with E-state index < -0.39 is 0 Å². The van der Waals surface area contributed by atoms with E-state index in [0.717, 1.165) is 36.3 Å². The van der Waals surface area contributed by atoms with Gasteiger partial charge < -0.3 is 10.2 Å². The van der Waals surface area contributed by atoms with E-state index in [0.29, 0.717) is 36.0 Å². The fraction of sp³-hybridized carbons (Fsp3) is 0.700. The average molecular weight is 365 g/mol. The van der Waals surface area contributed by atoms with Gasteiger partial charge in [0.15, 0.2) is 0 Å². The van der Waals surface area contributed by atoms with Gasteiger partial charge in [-0.05, 0) is 85.8 Å². The fourth-order valence-corrected chi connectivity index (χ4v) is 6.78. The summed E-state index contributed by atoms with van der Waals surface area (Å²) in [6.45, 7) is 0.332. The van der Waals surface area contributed by atoms with Crippen molar-refractivity contribution >= 4 is 11.8 Å². The van der Waals surface area contributed by atoms with E-state index in [4.69, 9.17) is 5.26 Å². The maximum atomic E-state index is 10.4. The summed E-state index contributed by atoms with van der Waals surface area (Å²) >= 11 is 1.68. The van der Waals surface area contributed by atoms with E-state index in [1.54, 1.807) is 11.8 Å². The Labute approximate surface area is 153 Å². The second kappa shape index (κ2) is 7.47. The number of phenols is 1. The van der Waals surface area contributed by atoms with E-state index in [2.05, 4.69) is 11.0 Å². The second-order valence-electron chi connectivity index (χ2n) is 7.88. The Hall–Kier alpha value is -0.750. The first kappa shape index (κ1) is 17.7. The maximum Gasteiger partial charge on any atom is 0.129 e. The molecule has 25 heavy (non-hydrogen) atoms. The molecule has 0 spiro atoms. The van der Waals surface area contributed by atoms with Crippen LogP contribution in [0.15, 0.2) is 17.0 Å². The molecule has 0 bridgehead atoms. The van der Waals surface area contributed by atoms with Crippen LogP contribution >= 0.6 is 11.8 Å². The summed E-state index contributed by atoms with van der Waals surface area (Å²) in [5, 5.41) is 29.1. The molecule has 5 atom stereocenters. The molecule has 0 saturated heterocycles. The van der Waals surface area contributed by atoms with Crippen LogP contribution in [0, 0.1) is 17.8 Å². The first-order valence-corrected chi connectivity index (χ1v) is 10.6. The Bertz CT molecular complexity index is 620. The number of aliphatic hydroxyl groups is 1. The van der Waals surface area contributed by atoms with Crippen LogP contribution in [0.25, 0.3) is 0 Å². The molecule has 5 heteroatoms. The molecule has 0 aromatic heterocycles. The van der Waals surface area contributed by atoms with Gasteiger partial charge >= 0.3 is 0 Å². The van der Waals surface area contributed by atoms with Gasteiger partial charge in [0, 0.05) is 5.75 Å². The highest BCUT2D eigenvalue weighted by atomic mass is 32.2. The van der Waals surface area contributed by atoms with Gasteiger partial charge in [-0.15, -0.1) is 11.8 Å². The largest absolute Gasteiger partial charge is 0.507 e. The van der Waals surface area contributed by atoms with Crippen LogP contribution in [0.4, 0.5) is 0 Å². The van der Waals surface area contributed by atoms with Crippen LogP contribution in [-0.2, 0) is 11.3 Å². The Balaban J connectivity index is 1.57. The van der Waals surface area contributed by atoms with Crippen LogP contribution in [0.2, 0.25) is 0 Å². The van der Waals surface area contributed by atoms with Crippen molar-refractivity contribution < 1.29 is 20.4 Å². The standard InChI is InChI=1S/C20H28O4S/c21-18-8-6-14-12-3-5-17-15(13(12)2-4-16(14)18)7-9-19(22)20(17)25-11-1-10-24-23/h7,9,12-14,16,18,21-23H,1-6,8,10-11H2. The number of benzene rings is 1. The van der Waals surface area contributed by atoms with Gasteiger partial charge in [-0.25, -0.2) is 4.89 Å². The van der Waals surface area contributed by atoms with Crippen molar-refractivity contribution in [2.45, 2.75) is 61.9 Å². The number of rotatable bonds is 5. The SMILES string of the molecule is OOCCCSc1c(O)ccc2c1CCC1C2CCC2C(O)CCC21. The smallest absolute Gasteiger partial charge is 0.129 e. The van der Waals surface area contributed by atoms with Gasteiger partial charge in [-0.3, -0.25) is 5.26 Å². The van der Waals surface area contributed by atoms with Crippen LogP contribution in [0.3, 0.4) is 0 Å². The minimum absolute atomic E-state index is 0.0768. The van der Waals surface area contributed by atoms with E-state index in [9.17, 15) is 10.2 Å². The number of hydrogen-bond donors (Lipinski definition) is 3. The lowest BCUT2D eigenvalue weighted by Gasteiger charge is -2.45. The Morgan fingerprint density at radius 1 is 1.04 bits per heavy atom. The van der Waals surface area contributed by atoms with Gasteiger partial charge in [-0.2, -0.15) is 0 Å². The molecule has 3 N–H and O–H groups in total. The quantitative estimate of drug-likeness (QED) is 0.316. The number of aromatic hydroxyl groups is 1. The van der Waals surface area contributed by atoms with Crippen molar-refractivity contribution in [2.75, 3.05) is 12.4 Å². The van der Waals surface area contributed by atoms with Crippen LogP contribution in [0.1, 0.15) is 55.6 Å². The lowest BCUT2D eigenvalue weighted by Crippen LogP contribution is -2.36. The Morgan fingerprint density at radius 2 is 1.88 bits per heavy atom. The second-order valence-corrected chi connectivity index (χ2v) is 8.98. The van der Waals surface area contributed by atoms with Crippen molar-refractivity contribution in [3.8, 4) is 5.75 Å². The predicted molar refractivity (Wildman–Crippen MR) is 98.0 cm³/mol. The first-order valence-electron chi connectivity index (χ1n) is 9.62. The summed E-state index contributed by atoms with van der Waals surface area (Å²) in [6, 6.07) is 4.01. The Kier molecular flexibility index (Phi) is 5.28. The Morgan fingerprint density at radius 3 is 2.72 bits per heavy atom. The van der Waals surface area contributed by atoms with Gasteiger partial charge in [0.25, 0.3) is 0 Å². The third kappa shape index (κ3) is 3.20. The van der Waals surface area contributed by atoms with Crippen molar-refractivity contribution in [1.29, 1.82) is 0 Å². The highest BCUT2D eigenvalue weighted by Crippen LogP contribution is 2.56. The number of fused-ring (bicyclic) bond motifs is 5. The number of hydrogen-bond acceptors (Lipinski definition) is 5. The third-order valence-corrected chi connectivity index (χ3v) is 7.98. The van der Waals surface area contributed by atoms with Gasteiger partial charge in [0.2, 0.25) is 0 Å². The van der Waals surface area contributed by atoms with Crippen LogP contribution in [0.5, 0.6) is 5.75 Å². The monoisotopic (exact) mass is 364 g/mol. The zero-order chi connectivity index (χ0) is 17.4. The molecule has 1 aromatic rings. The molecule has 4 rings (SSSR count).